The van der Waals surface area contributed by atoms with Gasteiger partial charge in [-0.05, 0) is 24.6 Å². The highest BCUT2D eigenvalue weighted by Crippen LogP contribution is 2.24. The van der Waals surface area contributed by atoms with Gasteiger partial charge in [-0.15, -0.1) is 6.58 Å². The van der Waals surface area contributed by atoms with E-state index in [9.17, 15) is 4.79 Å². The molecule has 16 heavy (non-hydrogen) atoms. The third-order valence-corrected chi connectivity index (χ3v) is 2.37. The Hall–Kier alpha value is -0.700. The molecule has 0 unspecified atom stereocenters. The first-order chi connectivity index (χ1) is 7.54. The molecule has 0 radical (unpaired) electrons. The van der Waals surface area contributed by atoms with Gasteiger partial charge in [0.05, 0.1) is 0 Å². The number of carbonyl (C=O) groups is 1. The molecule has 0 fully saturated rings. The molecule has 0 atom stereocenters. The van der Waals surface area contributed by atoms with Crippen LogP contribution in [0.5, 0.6) is 5.75 Å². The first kappa shape index (κ1) is 13.4. The summed E-state index contributed by atoms with van der Waals surface area (Å²) in [4.78, 5) is 10.0. The summed E-state index contributed by atoms with van der Waals surface area (Å²) in [5.74, 6) is -0.323. The summed E-state index contributed by atoms with van der Waals surface area (Å²) < 4.78 is 5.01. The van der Waals surface area contributed by atoms with Crippen molar-refractivity contribution < 1.29 is 9.53 Å². The molecule has 0 aliphatic carbocycles. The number of ether oxygens (including phenoxy) is 1. The molecule has 2 nitrogen and oxygen atoms in total. The van der Waals surface area contributed by atoms with E-state index in [1.54, 1.807) is 24.3 Å². The van der Waals surface area contributed by atoms with Crippen LogP contribution in [0.2, 0.25) is 5.02 Å². The maximum atomic E-state index is 11.2. The Morgan fingerprint density at radius 1 is 1.50 bits per heavy atom. The van der Waals surface area contributed by atoms with Crippen LogP contribution in [-0.4, -0.2) is 10.8 Å². The number of allylic oxidation sites excluding steroid dienone is 1. The van der Waals surface area contributed by atoms with Crippen LogP contribution in [0.1, 0.15) is 5.56 Å². The average molecular weight is 280 g/mol. The van der Waals surface area contributed by atoms with E-state index in [0.29, 0.717) is 17.2 Å². The second kappa shape index (κ2) is 6.14. The lowest BCUT2D eigenvalue weighted by atomic mass is 10.1. The third kappa shape index (κ3) is 3.71. The van der Waals surface area contributed by atoms with Crippen molar-refractivity contribution in [2.45, 2.75) is 11.3 Å². The number of hydrogen-bond donors (Lipinski definition) is 0. The zero-order valence-corrected chi connectivity index (χ0v) is 10.5. The maximum Gasteiger partial charge on any atom is 0.344 e. The summed E-state index contributed by atoms with van der Waals surface area (Å²) in [5.41, 5.74) is 0.754. The van der Waals surface area contributed by atoms with Crippen molar-refractivity contribution in [3.05, 3.63) is 41.4 Å². The van der Waals surface area contributed by atoms with E-state index in [4.69, 9.17) is 39.5 Å². The number of benzene rings is 1. The number of alkyl halides is 2. The molecule has 0 spiro atoms. The SMILES string of the molecule is C=CCc1cc(Cl)ccc1OC(=O)C(Cl)Cl. The van der Waals surface area contributed by atoms with Crippen LogP contribution < -0.4 is 4.74 Å². The zero-order valence-electron chi connectivity index (χ0n) is 8.25. The van der Waals surface area contributed by atoms with Gasteiger partial charge in [-0.25, -0.2) is 4.79 Å². The van der Waals surface area contributed by atoms with E-state index in [0.717, 1.165) is 5.56 Å². The number of hydrogen-bond acceptors (Lipinski definition) is 2. The summed E-state index contributed by atoms with van der Waals surface area (Å²) in [6.07, 6.45) is 2.22. The van der Waals surface area contributed by atoms with Gasteiger partial charge in [-0.1, -0.05) is 40.9 Å². The molecule has 0 N–H and O–H groups in total. The molecule has 1 aromatic rings. The van der Waals surface area contributed by atoms with Gasteiger partial charge in [-0.3, -0.25) is 0 Å². The number of halogens is 3. The zero-order chi connectivity index (χ0) is 12.1. The molecule has 0 bridgehead atoms. The highest BCUT2D eigenvalue weighted by molar-refractivity contribution is 6.53. The van der Waals surface area contributed by atoms with Crippen molar-refractivity contribution in [2.75, 3.05) is 0 Å². The fraction of sp³-hybridized carbons (Fsp3) is 0.182. The topological polar surface area (TPSA) is 26.3 Å². The van der Waals surface area contributed by atoms with Crippen LogP contribution in [0, 0.1) is 0 Å². The Morgan fingerprint density at radius 2 is 2.19 bits per heavy atom. The van der Waals surface area contributed by atoms with Crippen molar-refractivity contribution in [1.29, 1.82) is 0 Å². The van der Waals surface area contributed by atoms with Crippen LogP contribution in [-0.2, 0) is 11.2 Å². The molecular weight excluding hydrogens is 270 g/mol. The summed E-state index contributed by atoms with van der Waals surface area (Å²) in [5, 5.41) is 0.560. The molecule has 0 heterocycles. The van der Waals surface area contributed by atoms with Gasteiger partial charge in [0.15, 0.2) is 0 Å². The average Bonchev–Trinajstić information content (AvgIpc) is 2.22. The molecule has 5 heteroatoms. The minimum absolute atomic E-state index is 0.389. The van der Waals surface area contributed by atoms with E-state index in [1.165, 1.54) is 0 Å². The Morgan fingerprint density at radius 3 is 2.75 bits per heavy atom. The normalized spacial score (nSPS) is 10.2. The van der Waals surface area contributed by atoms with Gasteiger partial charge in [0, 0.05) is 10.6 Å². The highest BCUT2D eigenvalue weighted by atomic mass is 35.5. The molecule has 0 saturated heterocycles. The minimum atomic E-state index is -1.20. The Kier molecular flexibility index (Phi) is 5.13. The number of esters is 1. The van der Waals surface area contributed by atoms with Gasteiger partial charge in [0.25, 0.3) is 0 Å². The molecular formula is C11H9Cl3O2. The lowest BCUT2D eigenvalue weighted by molar-refractivity contribution is -0.132. The van der Waals surface area contributed by atoms with Crippen LogP contribution >= 0.6 is 34.8 Å². The summed E-state index contributed by atoms with van der Waals surface area (Å²) in [6, 6.07) is 4.91. The van der Waals surface area contributed by atoms with Gasteiger partial charge in [0.2, 0.25) is 4.84 Å². The molecule has 0 amide bonds. The van der Waals surface area contributed by atoms with Crippen molar-refractivity contribution in [3.8, 4) is 5.75 Å². The summed E-state index contributed by atoms with van der Waals surface area (Å²) in [6.45, 7) is 3.61. The van der Waals surface area contributed by atoms with Gasteiger partial charge in [0.1, 0.15) is 5.75 Å². The maximum absolute atomic E-state index is 11.2. The lowest BCUT2D eigenvalue weighted by Gasteiger charge is -2.09. The predicted molar refractivity (Wildman–Crippen MR) is 66.5 cm³/mol. The molecule has 1 rings (SSSR count). The van der Waals surface area contributed by atoms with Crippen molar-refractivity contribution >= 4 is 40.8 Å². The van der Waals surface area contributed by atoms with Crippen molar-refractivity contribution in [3.63, 3.8) is 0 Å². The second-order valence-electron chi connectivity index (χ2n) is 2.97. The van der Waals surface area contributed by atoms with Crippen molar-refractivity contribution in [2.24, 2.45) is 0 Å². The summed E-state index contributed by atoms with van der Waals surface area (Å²) in [7, 11) is 0. The van der Waals surface area contributed by atoms with Crippen LogP contribution in [0.3, 0.4) is 0 Å². The molecule has 0 aromatic heterocycles. The standard InChI is InChI=1S/C11H9Cl3O2/c1-2-3-7-6-8(12)4-5-9(7)16-11(15)10(13)14/h2,4-6,10H,1,3H2. The first-order valence-electron chi connectivity index (χ1n) is 4.43. The fourth-order valence-electron chi connectivity index (χ4n) is 1.12. The van der Waals surface area contributed by atoms with Crippen molar-refractivity contribution in [1.82, 2.24) is 0 Å². The molecule has 0 saturated carbocycles. The molecule has 0 aliphatic heterocycles. The van der Waals surface area contributed by atoms with Crippen LogP contribution in [0.25, 0.3) is 0 Å². The fourth-order valence-corrected chi connectivity index (χ4v) is 1.40. The third-order valence-electron chi connectivity index (χ3n) is 1.78. The monoisotopic (exact) mass is 278 g/mol. The van der Waals surface area contributed by atoms with Gasteiger partial charge >= 0.3 is 5.97 Å². The van der Waals surface area contributed by atoms with Gasteiger partial charge in [-0.2, -0.15) is 0 Å². The van der Waals surface area contributed by atoms with E-state index in [2.05, 4.69) is 6.58 Å². The Bertz CT molecular complexity index is 402. The smallest absolute Gasteiger partial charge is 0.344 e. The van der Waals surface area contributed by atoms with Crippen LogP contribution in [0.4, 0.5) is 0 Å². The quantitative estimate of drug-likeness (QED) is 0.363. The summed E-state index contributed by atoms with van der Waals surface area (Å²) >= 11 is 16.6. The highest BCUT2D eigenvalue weighted by Gasteiger charge is 2.15. The molecule has 1 aromatic carbocycles. The van der Waals surface area contributed by atoms with Gasteiger partial charge < -0.3 is 4.74 Å². The van der Waals surface area contributed by atoms with E-state index < -0.39 is 10.8 Å². The number of rotatable bonds is 4. The number of carbonyl (C=O) groups excluding carboxylic acids is 1. The Balaban J connectivity index is 2.94. The van der Waals surface area contributed by atoms with E-state index in [1.807, 2.05) is 0 Å². The molecule has 0 aliphatic rings. The largest absolute Gasteiger partial charge is 0.424 e. The Labute approximate surface area is 109 Å². The van der Waals surface area contributed by atoms with Crippen LogP contribution in [0.15, 0.2) is 30.9 Å². The van der Waals surface area contributed by atoms with E-state index >= 15 is 0 Å². The second-order valence-corrected chi connectivity index (χ2v) is 4.50. The predicted octanol–water partition coefficient (Wildman–Crippen LogP) is 3.78. The minimum Gasteiger partial charge on any atom is -0.424 e. The first-order valence-corrected chi connectivity index (χ1v) is 5.69. The van der Waals surface area contributed by atoms with E-state index in [-0.39, 0.29) is 0 Å². The molecule has 86 valence electrons. The lowest BCUT2D eigenvalue weighted by Crippen LogP contribution is -2.16.